The minimum absolute atomic E-state index is 0.145. The van der Waals surface area contributed by atoms with Gasteiger partial charge in [0.05, 0.1) is 6.04 Å². The van der Waals surface area contributed by atoms with Crippen LogP contribution in [-0.4, -0.2) is 30.7 Å². The maximum atomic E-state index is 9.74. The largest absolute Gasteiger partial charge is 0.344 e. The molecule has 0 radical (unpaired) electrons. The van der Waals surface area contributed by atoms with E-state index in [1.165, 1.54) is 19.3 Å². The first-order chi connectivity index (χ1) is 12.9. The van der Waals surface area contributed by atoms with Gasteiger partial charge in [0.2, 0.25) is 0 Å². The Balaban J connectivity index is 1.59. The van der Waals surface area contributed by atoms with E-state index < -0.39 is 0 Å². The summed E-state index contributed by atoms with van der Waals surface area (Å²) < 4.78 is 4.19. The lowest BCUT2D eigenvalue weighted by molar-refractivity contribution is 0.558. The number of imidazole rings is 1. The molecular formula is C19H21N7. The smallest absolute Gasteiger partial charge is 0.169 e. The minimum atomic E-state index is 0.145. The highest BCUT2D eigenvalue weighted by Gasteiger charge is 2.34. The maximum Gasteiger partial charge on any atom is 0.169 e. The molecule has 0 saturated carbocycles. The highest BCUT2D eigenvalue weighted by Crippen LogP contribution is 2.37. The van der Waals surface area contributed by atoms with Crippen LogP contribution in [-0.2, 0) is 13.0 Å². The Labute approximate surface area is 151 Å². The van der Waals surface area contributed by atoms with E-state index in [1.807, 2.05) is 28.8 Å². The number of hydrogen-bond donors (Lipinski definition) is 0. The van der Waals surface area contributed by atoms with Gasteiger partial charge in [0.25, 0.3) is 0 Å². The number of aromatic nitrogens is 5. The van der Waals surface area contributed by atoms with Crippen LogP contribution in [0.15, 0.2) is 24.4 Å². The van der Waals surface area contributed by atoms with Gasteiger partial charge in [0.1, 0.15) is 17.5 Å². The first kappa shape index (κ1) is 15.4. The Morgan fingerprint density at radius 1 is 1.08 bits per heavy atom. The van der Waals surface area contributed by atoms with E-state index in [-0.39, 0.29) is 6.04 Å². The molecule has 0 amide bonds. The zero-order valence-electron chi connectivity index (χ0n) is 14.7. The van der Waals surface area contributed by atoms with Gasteiger partial charge < -0.3 is 9.47 Å². The zero-order valence-corrected chi connectivity index (χ0v) is 14.7. The van der Waals surface area contributed by atoms with Crippen molar-refractivity contribution in [3.63, 3.8) is 0 Å². The molecule has 0 spiro atoms. The van der Waals surface area contributed by atoms with Crippen LogP contribution in [0.25, 0.3) is 5.65 Å². The summed E-state index contributed by atoms with van der Waals surface area (Å²) in [4.78, 5) is 7.02. The molecule has 5 heterocycles. The molecule has 3 aromatic rings. The highest BCUT2D eigenvalue weighted by molar-refractivity contribution is 5.61. The summed E-state index contributed by atoms with van der Waals surface area (Å²) in [6.07, 6.45) is 8.64. The molecule has 3 aromatic heterocycles. The molecule has 1 saturated heterocycles. The molecular weight excluding hydrogens is 326 g/mol. The van der Waals surface area contributed by atoms with Crippen molar-refractivity contribution in [3.8, 4) is 6.07 Å². The zero-order chi connectivity index (χ0) is 17.5. The molecule has 1 atom stereocenters. The number of anilines is 1. The van der Waals surface area contributed by atoms with Crippen molar-refractivity contribution in [1.82, 2.24) is 24.1 Å². The fourth-order valence-corrected chi connectivity index (χ4v) is 4.33. The topological polar surface area (TPSA) is 75.0 Å². The van der Waals surface area contributed by atoms with E-state index in [0.717, 1.165) is 55.5 Å². The molecule has 5 rings (SSSR count). The van der Waals surface area contributed by atoms with Crippen molar-refractivity contribution >= 4 is 11.5 Å². The Bertz CT molecular complexity index is 993. The second-order valence-corrected chi connectivity index (χ2v) is 7.11. The molecule has 0 unspecified atom stereocenters. The van der Waals surface area contributed by atoms with E-state index in [2.05, 4.69) is 25.7 Å². The number of rotatable bonds is 2. The van der Waals surface area contributed by atoms with Crippen LogP contribution in [0.3, 0.4) is 0 Å². The Hall–Kier alpha value is -2.88. The van der Waals surface area contributed by atoms with Gasteiger partial charge in [-0.25, -0.2) is 4.98 Å². The standard InChI is InChI=1S/C19H21N7/c20-13-15-18(21-16-8-3-5-10-24(15)16)25-12-6-7-14(25)19-23-22-17-9-2-1-4-11-26(17)19/h3,5,8,10,14H,1-2,4,6-7,9,11-12H2/t14-/m0/s1. The van der Waals surface area contributed by atoms with Crippen molar-refractivity contribution in [1.29, 1.82) is 5.26 Å². The Morgan fingerprint density at radius 3 is 2.96 bits per heavy atom. The van der Waals surface area contributed by atoms with Crippen molar-refractivity contribution in [3.05, 3.63) is 41.7 Å². The molecule has 0 bridgehead atoms. The molecule has 0 aromatic carbocycles. The minimum Gasteiger partial charge on any atom is -0.344 e. The van der Waals surface area contributed by atoms with Crippen LogP contribution in [0.4, 0.5) is 5.82 Å². The van der Waals surface area contributed by atoms with Crippen LogP contribution >= 0.6 is 0 Å². The molecule has 2 aliphatic rings. The normalized spacial score (nSPS) is 20.1. The van der Waals surface area contributed by atoms with Crippen LogP contribution < -0.4 is 4.90 Å². The summed E-state index contributed by atoms with van der Waals surface area (Å²) in [6, 6.07) is 8.32. The lowest BCUT2D eigenvalue weighted by atomic mass is 10.2. The summed E-state index contributed by atoms with van der Waals surface area (Å²) in [5.74, 6) is 2.92. The van der Waals surface area contributed by atoms with Gasteiger partial charge in [-0.2, -0.15) is 5.26 Å². The first-order valence-corrected chi connectivity index (χ1v) is 9.42. The Morgan fingerprint density at radius 2 is 2.04 bits per heavy atom. The van der Waals surface area contributed by atoms with E-state index >= 15 is 0 Å². The molecule has 0 aliphatic carbocycles. The summed E-state index contributed by atoms with van der Waals surface area (Å²) in [5, 5.41) is 18.8. The quantitative estimate of drug-likeness (QED) is 0.712. The number of nitrogens with zero attached hydrogens (tertiary/aromatic N) is 7. The fraction of sp³-hybridized carbons (Fsp3) is 0.474. The van der Waals surface area contributed by atoms with Crippen molar-refractivity contribution in [2.24, 2.45) is 0 Å². The average molecular weight is 347 g/mol. The van der Waals surface area contributed by atoms with Crippen molar-refractivity contribution in [2.75, 3.05) is 11.4 Å². The maximum absolute atomic E-state index is 9.74. The molecule has 7 nitrogen and oxygen atoms in total. The van der Waals surface area contributed by atoms with Gasteiger partial charge in [-0.1, -0.05) is 12.5 Å². The van der Waals surface area contributed by atoms with E-state index in [0.29, 0.717) is 5.69 Å². The van der Waals surface area contributed by atoms with Crippen LogP contribution in [0.2, 0.25) is 0 Å². The molecule has 2 aliphatic heterocycles. The highest BCUT2D eigenvalue weighted by atomic mass is 15.3. The third-order valence-corrected chi connectivity index (χ3v) is 5.58. The molecule has 7 heteroatoms. The second kappa shape index (κ2) is 6.13. The van der Waals surface area contributed by atoms with Crippen LogP contribution in [0.5, 0.6) is 0 Å². The molecule has 132 valence electrons. The van der Waals surface area contributed by atoms with Crippen LogP contribution in [0, 0.1) is 11.3 Å². The van der Waals surface area contributed by atoms with Gasteiger partial charge in [0, 0.05) is 25.7 Å². The van der Waals surface area contributed by atoms with Crippen molar-refractivity contribution < 1.29 is 0 Å². The average Bonchev–Trinajstić information content (AvgIpc) is 3.33. The van der Waals surface area contributed by atoms with Gasteiger partial charge in [0.15, 0.2) is 17.3 Å². The first-order valence-electron chi connectivity index (χ1n) is 9.42. The third-order valence-electron chi connectivity index (χ3n) is 5.58. The van der Waals surface area contributed by atoms with E-state index in [9.17, 15) is 5.26 Å². The number of pyridine rings is 1. The monoisotopic (exact) mass is 347 g/mol. The lowest BCUT2D eigenvalue weighted by Gasteiger charge is -2.24. The van der Waals surface area contributed by atoms with Gasteiger partial charge in [-0.3, -0.25) is 4.40 Å². The second-order valence-electron chi connectivity index (χ2n) is 7.11. The van der Waals surface area contributed by atoms with E-state index in [4.69, 9.17) is 4.98 Å². The molecule has 1 fully saturated rings. The number of hydrogen-bond acceptors (Lipinski definition) is 5. The summed E-state index contributed by atoms with van der Waals surface area (Å²) >= 11 is 0. The van der Waals surface area contributed by atoms with Crippen LogP contribution in [0.1, 0.15) is 55.5 Å². The number of nitriles is 1. The summed E-state index contributed by atoms with van der Waals surface area (Å²) in [5.41, 5.74) is 1.41. The number of fused-ring (bicyclic) bond motifs is 2. The van der Waals surface area contributed by atoms with Gasteiger partial charge in [-0.05, 0) is 37.8 Å². The summed E-state index contributed by atoms with van der Waals surface area (Å²) in [6.45, 7) is 1.89. The predicted octanol–water partition coefficient (Wildman–Crippen LogP) is 2.87. The Kier molecular flexibility index (Phi) is 3.63. The summed E-state index contributed by atoms with van der Waals surface area (Å²) in [7, 11) is 0. The number of aryl methyl sites for hydroxylation is 1. The molecule has 26 heavy (non-hydrogen) atoms. The third kappa shape index (κ3) is 2.29. The lowest BCUT2D eigenvalue weighted by Crippen LogP contribution is -2.26. The van der Waals surface area contributed by atoms with Gasteiger partial charge >= 0.3 is 0 Å². The van der Waals surface area contributed by atoms with Crippen molar-refractivity contribution in [2.45, 2.75) is 51.1 Å². The van der Waals surface area contributed by atoms with Gasteiger partial charge in [-0.15, -0.1) is 10.2 Å². The SMILES string of the molecule is N#Cc1c(N2CCC[C@H]2c2nnc3n2CCCCC3)nc2ccccn12. The van der Waals surface area contributed by atoms with E-state index in [1.54, 1.807) is 0 Å². The fourth-order valence-electron chi connectivity index (χ4n) is 4.33. The molecule has 0 N–H and O–H groups in total. The predicted molar refractivity (Wildman–Crippen MR) is 96.8 cm³/mol.